The van der Waals surface area contributed by atoms with Crippen LogP contribution in [0.2, 0.25) is 0 Å². The summed E-state index contributed by atoms with van der Waals surface area (Å²) < 4.78 is 0. The molecule has 2 aliphatic rings. The van der Waals surface area contributed by atoms with Crippen LogP contribution in [0.5, 0.6) is 0 Å². The standard InChI is InChI=1S/C13H22N2O3/c1-9-4-5-11(7-9)14-13(18)15-6-2-3-10(8-15)12(16)17/h9-11H,2-8H2,1H3,(H,14,18)(H,16,17)/t9?,10-,11?/m0/s1. The van der Waals surface area contributed by atoms with Gasteiger partial charge >= 0.3 is 12.0 Å². The predicted molar refractivity (Wildman–Crippen MR) is 67.3 cm³/mol. The fourth-order valence-corrected chi connectivity index (χ4v) is 2.97. The van der Waals surface area contributed by atoms with Crippen molar-refractivity contribution in [3.63, 3.8) is 0 Å². The highest BCUT2D eigenvalue weighted by molar-refractivity contribution is 5.76. The molecule has 2 fully saturated rings. The molecule has 0 radical (unpaired) electrons. The van der Waals surface area contributed by atoms with Crippen molar-refractivity contribution in [3.05, 3.63) is 0 Å². The van der Waals surface area contributed by atoms with Crippen LogP contribution in [-0.2, 0) is 4.79 Å². The molecule has 1 saturated carbocycles. The van der Waals surface area contributed by atoms with E-state index in [-0.39, 0.29) is 12.1 Å². The Morgan fingerprint density at radius 1 is 1.28 bits per heavy atom. The first kappa shape index (κ1) is 13.2. The quantitative estimate of drug-likeness (QED) is 0.787. The Bertz CT molecular complexity index is 332. The number of carbonyl (C=O) groups excluding carboxylic acids is 1. The lowest BCUT2D eigenvalue weighted by Gasteiger charge is -2.31. The van der Waals surface area contributed by atoms with Crippen molar-refractivity contribution >= 4 is 12.0 Å². The molecule has 2 amide bonds. The molecule has 2 N–H and O–H groups in total. The summed E-state index contributed by atoms with van der Waals surface area (Å²) in [6, 6.07) is 0.192. The van der Waals surface area contributed by atoms with E-state index in [1.165, 1.54) is 6.42 Å². The second-order valence-electron chi connectivity index (χ2n) is 5.69. The van der Waals surface area contributed by atoms with Crippen LogP contribution in [0, 0.1) is 11.8 Å². The van der Waals surface area contributed by atoms with Crippen LogP contribution in [0.15, 0.2) is 0 Å². The Hall–Kier alpha value is -1.26. The van der Waals surface area contributed by atoms with Gasteiger partial charge in [0, 0.05) is 19.1 Å². The third-order valence-electron chi connectivity index (χ3n) is 4.08. The maximum absolute atomic E-state index is 12.1. The normalized spacial score (nSPS) is 32.3. The largest absolute Gasteiger partial charge is 0.481 e. The molecule has 18 heavy (non-hydrogen) atoms. The van der Waals surface area contributed by atoms with E-state index in [2.05, 4.69) is 12.2 Å². The van der Waals surface area contributed by atoms with Crippen molar-refractivity contribution in [2.45, 2.75) is 45.1 Å². The fraction of sp³-hybridized carbons (Fsp3) is 0.846. The van der Waals surface area contributed by atoms with Crippen LogP contribution in [-0.4, -0.2) is 41.1 Å². The van der Waals surface area contributed by atoms with Crippen molar-refractivity contribution in [1.29, 1.82) is 0 Å². The van der Waals surface area contributed by atoms with E-state index in [0.29, 0.717) is 25.4 Å². The Morgan fingerprint density at radius 3 is 2.67 bits per heavy atom. The average Bonchev–Trinajstić information content (AvgIpc) is 2.75. The third kappa shape index (κ3) is 3.15. The number of amides is 2. The lowest BCUT2D eigenvalue weighted by molar-refractivity contribution is -0.143. The molecular weight excluding hydrogens is 232 g/mol. The third-order valence-corrected chi connectivity index (χ3v) is 4.08. The topological polar surface area (TPSA) is 69.6 Å². The van der Waals surface area contributed by atoms with Gasteiger partial charge in [-0.05, 0) is 38.0 Å². The first-order valence-electron chi connectivity index (χ1n) is 6.84. The maximum Gasteiger partial charge on any atom is 0.317 e. The Labute approximate surface area is 108 Å². The zero-order valence-corrected chi connectivity index (χ0v) is 10.9. The molecule has 0 aromatic rings. The molecular formula is C13H22N2O3. The summed E-state index contributed by atoms with van der Waals surface area (Å²) in [6.45, 7) is 3.23. The summed E-state index contributed by atoms with van der Waals surface area (Å²) in [5, 5.41) is 12.0. The van der Waals surface area contributed by atoms with Crippen molar-refractivity contribution in [1.82, 2.24) is 10.2 Å². The van der Waals surface area contributed by atoms with Gasteiger partial charge in [0.2, 0.25) is 0 Å². The predicted octanol–water partition coefficient (Wildman–Crippen LogP) is 1.68. The second kappa shape index (κ2) is 5.59. The van der Waals surface area contributed by atoms with Crippen molar-refractivity contribution < 1.29 is 14.7 Å². The summed E-state index contributed by atoms with van der Waals surface area (Å²) in [6.07, 6.45) is 4.72. The highest BCUT2D eigenvalue weighted by atomic mass is 16.4. The summed E-state index contributed by atoms with van der Waals surface area (Å²) in [5.41, 5.74) is 0. The van der Waals surface area contributed by atoms with E-state index in [1.807, 2.05) is 0 Å². The van der Waals surface area contributed by atoms with Gasteiger partial charge in [-0.3, -0.25) is 4.79 Å². The van der Waals surface area contributed by atoms with Crippen LogP contribution in [0.25, 0.3) is 0 Å². The highest BCUT2D eigenvalue weighted by Crippen LogP contribution is 2.25. The van der Waals surface area contributed by atoms with Crippen molar-refractivity contribution in [2.24, 2.45) is 11.8 Å². The molecule has 0 bridgehead atoms. The lowest BCUT2D eigenvalue weighted by Crippen LogP contribution is -2.49. The van der Waals surface area contributed by atoms with E-state index in [1.54, 1.807) is 4.90 Å². The van der Waals surface area contributed by atoms with Crippen LogP contribution in [0.3, 0.4) is 0 Å². The molecule has 0 aromatic carbocycles. The number of carboxylic acids is 1. The number of rotatable bonds is 2. The van der Waals surface area contributed by atoms with Gasteiger partial charge in [-0.1, -0.05) is 6.92 Å². The van der Waals surface area contributed by atoms with Gasteiger partial charge < -0.3 is 15.3 Å². The molecule has 1 aliphatic heterocycles. The molecule has 2 rings (SSSR count). The van der Waals surface area contributed by atoms with Crippen LogP contribution >= 0.6 is 0 Å². The number of carbonyl (C=O) groups is 2. The number of piperidine rings is 1. The first-order chi connectivity index (χ1) is 8.56. The van der Waals surface area contributed by atoms with Gasteiger partial charge in [0.15, 0.2) is 0 Å². The summed E-state index contributed by atoms with van der Waals surface area (Å²) in [7, 11) is 0. The van der Waals surface area contributed by atoms with E-state index >= 15 is 0 Å². The van der Waals surface area contributed by atoms with Crippen LogP contribution < -0.4 is 5.32 Å². The molecule has 1 aliphatic carbocycles. The molecule has 3 atom stereocenters. The molecule has 0 aromatic heterocycles. The number of nitrogens with one attached hydrogen (secondary N) is 1. The SMILES string of the molecule is CC1CCC(NC(=O)N2CCC[C@H](C(=O)O)C2)C1. The number of likely N-dealkylation sites (tertiary alicyclic amines) is 1. The number of aliphatic carboxylic acids is 1. The van der Waals surface area contributed by atoms with Gasteiger partial charge in [-0.15, -0.1) is 0 Å². The molecule has 5 nitrogen and oxygen atoms in total. The lowest BCUT2D eigenvalue weighted by atomic mass is 9.99. The van der Waals surface area contributed by atoms with Gasteiger partial charge in [0.25, 0.3) is 0 Å². The number of hydrogen-bond donors (Lipinski definition) is 2. The molecule has 0 spiro atoms. The molecule has 102 valence electrons. The fourth-order valence-electron chi connectivity index (χ4n) is 2.97. The minimum Gasteiger partial charge on any atom is -0.481 e. The maximum atomic E-state index is 12.1. The highest BCUT2D eigenvalue weighted by Gasteiger charge is 2.30. The zero-order valence-electron chi connectivity index (χ0n) is 10.9. The molecule has 2 unspecified atom stereocenters. The van der Waals surface area contributed by atoms with E-state index in [4.69, 9.17) is 5.11 Å². The van der Waals surface area contributed by atoms with E-state index in [9.17, 15) is 9.59 Å². The van der Waals surface area contributed by atoms with Gasteiger partial charge in [0.05, 0.1) is 5.92 Å². The number of nitrogens with zero attached hydrogens (tertiary/aromatic N) is 1. The minimum atomic E-state index is -0.790. The molecule has 1 saturated heterocycles. The van der Waals surface area contributed by atoms with Crippen LogP contribution in [0.1, 0.15) is 39.0 Å². The van der Waals surface area contributed by atoms with Crippen molar-refractivity contribution in [2.75, 3.05) is 13.1 Å². The van der Waals surface area contributed by atoms with Crippen molar-refractivity contribution in [3.8, 4) is 0 Å². The van der Waals surface area contributed by atoms with Crippen LogP contribution in [0.4, 0.5) is 4.79 Å². The van der Waals surface area contributed by atoms with E-state index in [0.717, 1.165) is 19.3 Å². The molecule has 5 heteroatoms. The Kier molecular flexibility index (Phi) is 4.09. The Balaban J connectivity index is 1.83. The average molecular weight is 254 g/mol. The number of carboxylic acid groups (broad SMARTS) is 1. The zero-order chi connectivity index (χ0) is 13.1. The Morgan fingerprint density at radius 2 is 2.06 bits per heavy atom. The number of hydrogen-bond acceptors (Lipinski definition) is 2. The summed E-state index contributed by atoms with van der Waals surface area (Å²) in [5.74, 6) is -0.502. The van der Waals surface area contributed by atoms with E-state index < -0.39 is 11.9 Å². The van der Waals surface area contributed by atoms with Gasteiger partial charge in [-0.25, -0.2) is 4.79 Å². The second-order valence-corrected chi connectivity index (χ2v) is 5.69. The smallest absolute Gasteiger partial charge is 0.317 e. The van der Waals surface area contributed by atoms with Gasteiger partial charge in [0.1, 0.15) is 0 Å². The summed E-state index contributed by atoms with van der Waals surface area (Å²) >= 11 is 0. The molecule has 1 heterocycles. The first-order valence-corrected chi connectivity index (χ1v) is 6.84. The van der Waals surface area contributed by atoms with Gasteiger partial charge in [-0.2, -0.15) is 0 Å². The minimum absolute atomic E-state index is 0.0833. The summed E-state index contributed by atoms with van der Waals surface area (Å²) in [4.78, 5) is 24.7. The number of urea groups is 1. The monoisotopic (exact) mass is 254 g/mol.